The summed E-state index contributed by atoms with van der Waals surface area (Å²) in [5, 5.41) is 3.32. The van der Waals surface area contributed by atoms with Gasteiger partial charge in [-0.15, -0.1) is 0 Å². The molecule has 0 atom stereocenters. The second-order valence-electron chi connectivity index (χ2n) is 5.37. The highest BCUT2D eigenvalue weighted by atomic mass is 79.9. The number of anilines is 2. The van der Waals surface area contributed by atoms with E-state index in [4.69, 9.17) is 0 Å². The Morgan fingerprint density at radius 1 is 1.00 bits per heavy atom. The monoisotopic (exact) mass is 461 g/mol. The average molecular weight is 464 g/mol. The molecule has 0 aliphatic carbocycles. The van der Waals surface area contributed by atoms with Crippen LogP contribution >= 0.6 is 47.8 Å². The zero-order chi connectivity index (χ0) is 14.9. The summed E-state index contributed by atoms with van der Waals surface area (Å²) in [5.41, 5.74) is 0.837. The molecule has 1 N–H and O–H groups in total. The van der Waals surface area contributed by atoms with Crippen LogP contribution in [0.1, 0.15) is 26.6 Å². The second kappa shape index (κ2) is 6.12. The van der Waals surface area contributed by atoms with Crippen LogP contribution in [0.3, 0.4) is 0 Å². The van der Waals surface area contributed by atoms with Crippen LogP contribution in [-0.2, 0) is 5.41 Å². The largest absolute Gasteiger partial charge is 0.338 e. The van der Waals surface area contributed by atoms with E-state index in [1.165, 1.54) is 0 Å². The third-order valence-electron chi connectivity index (χ3n) is 2.58. The molecule has 0 fully saturated rings. The third kappa shape index (κ3) is 3.80. The Bertz CT molecular complexity index is 616. The minimum absolute atomic E-state index is 0.106. The summed E-state index contributed by atoms with van der Waals surface area (Å²) in [6.45, 7) is 6.27. The first-order chi connectivity index (χ1) is 9.27. The smallest absolute Gasteiger partial charge is 0.137 e. The summed E-state index contributed by atoms with van der Waals surface area (Å²) in [6.07, 6.45) is 0. The third-order valence-corrected chi connectivity index (χ3v) is 4.31. The van der Waals surface area contributed by atoms with Gasteiger partial charge in [0.1, 0.15) is 16.2 Å². The minimum Gasteiger partial charge on any atom is -0.338 e. The maximum Gasteiger partial charge on any atom is 0.137 e. The predicted octanol–water partition coefficient (Wildman–Crippen LogP) is 5.81. The highest BCUT2D eigenvalue weighted by Crippen LogP contribution is 2.33. The number of aromatic nitrogens is 2. The van der Waals surface area contributed by atoms with E-state index in [9.17, 15) is 0 Å². The molecule has 0 radical (unpaired) electrons. The molecule has 0 bridgehead atoms. The maximum atomic E-state index is 4.59. The summed E-state index contributed by atoms with van der Waals surface area (Å²) in [4.78, 5) is 9.02. The lowest BCUT2D eigenvalue weighted by Crippen LogP contribution is -2.17. The van der Waals surface area contributed by atoms with E-state index >= 15 is 0 Å². The predicted molar refractivity (Wildman–Crippen MR) is 93.6 cm³/mol. The van der Waals surface area contributed by atoms with E-state index in [1.807, 2.05) is 24.3 Å². The quantitative estimate of drug-likeness (QED) is 0.571. The van der Waals surface area contributed by atoms with Crippen LogP contribution in [0.25, 0.3) is 0 Å². The van der Waals surface area contributed by atoms with E-state index in [2.05, 4.69) is 83.8 Å². The van der Waals surface area contributed by atoms with Crippen LogP contribution < -0.4 is 5.32 Å². The lowest BCUT2D eigenvalue weighted by molar-refractivity contribution is 0.544. The Morgan fingerprint density at radius 3 is 2.15 bits per heavy atom. The summed E-state index contributed by atoms with van der Waals surface area (Å²) < 4.78 is 2.71. The molecule has 0 unspecified atom stereocenters. The van der Waals surface area contributed by atoms with Crippen molar-refractivity contribution < 1.29 is 0 Å². The van der Waals surface area contributed by atoms with Crippen LogP contribution in [-0.4, -0.2) is 9.97 Å². The van der Waals surface area contributed by atoms with Gasteiger partial charge in [-0.05, 0) is 59.9 Å². The first-order valence-corrected chi connectivity index (χ1v) is 8.41. The van der Waals surface area contributed by atoms with E-state index < -0.39 is 0 Å². The standard InChI is InChI=1S/C14H14Br3N3/c1-14(2,3)13-18-10(17)7-11(20-13)19-12-8(15)5-4-6-9(12)16/h4-7H,1-3H3,(H,18,19,20). The maximum absolute atomic E-state index is 4.59. The van der Waals surface area contributed by atoms with Gasteiger partial charge < -0.3 is 5.32 Å². The van der Waals surface area contributed by atoms with E-state index in [0.717, 1.165) is 30.9 Å². The Labute approximate surface area is 144 Å². The topological polar surface area (TPSA) is 37.8 Å². The Balaban J connectivity index is 2.42. The fourth-order valence-corrected chi connectivity index (χ4v) is 3.14. The highest BCUT2D eigenvalue weighted by Gasteiger charge is 2.19. The van der Waals surface area contributed by atoms with Gasteiger partial charge in [0.25, 0.3) is 0 Å². The number of benzene rings is 1. The van der Waals surface area contributed by atoms with Gasteiger partial charge in [0.05, 0.1) is 5.69 Å². The SMILES string of the molecule is CC(C)(C)c1nc(Br)cc(Nc2c(Br)cccc2Br)n1. The van der Waals surface area contributed by atoms with Crippen LogP contribution in [0.2, 0.25) is 0 Å². The van der Waals surface area contributed by atoms with Gasteiger partial charge in [-0.3, -0.25) is 0 Å². The molecule has 0 saturated heterocycles. The Kier molecular flexibility index (Phi) is 4.87. The molecule has 0 saturated carbocycles. The van der Waals surface area contributed by atoms with Gasteiger partial charge in [0.15, 0.2) is 0 Å². The molecule has 0 amide bonds. The zero-order valence-corrected chi connectivity index (χ0v) is 16.1. The van der Waals surface area contributed by atoms with Gasteiger partial charge in [0.2, 0.25) is 0 Å². The molecule has 1 aromatic heterocycles. The number of halogens is 3. The summed E-state index contributed by atoms with van der Waals surface area (Å²) in [7, 11) is 0. The summed E-state index contributed by atoms with van der Waals surface area (Å²) >= 11 is 10.5. The lowest BCUT2D eigenvalue weighted by Gasteiger charge is -2.18. The van der Waals surface area contributed by atoms with E-state index in [0.29, 0.717) is 0 Å². The molecule has 0 spiro atoms. The van der Waals surface area contributed by atoms with Gasteiger partial charge in [-0.2, -0.15) is 0 Å². The van der Waals surface area contributed by atoms with Crippen LogP contribution in [0.5, 0.6) is 0 Å². The number of nitrogens with zero attached hydrogens (tertiary/aromatic N) is 2. The van der Waals surface area contributed by atoms with Gasteiger partial charge >= 0.3 is 0 Å². The molecule has 0 aliphatic rings. The molecule has 1 heterocycles. The van der Waals surface area contributed by atoms with Gasteiger partial charge in [0, 0.05) is 20.4 Å². The molecule has 0 aliphatic heterocycles. The van der Waals surface area contributed by atoms with Crippen molar-refractivity contribution in [2.45, 2.75) is 26.2 Å². The first-order valence-electron chi connectivity index (χ1n) is 6.03. The van der Waals surface area contributed by atoms with Crippen molar-refractivity contribution in [2.24, 2.45) is 0 Å². The minimum atomic E-state index is -0.106. The molecular formula is C14H14Br3N3. The number of hydrogen-bond donors (Lipinski definition) is 1. The Morgan fingerprint density at radius 2 is 1.60 bits per heavy atom. The zero-order valence-electron chi connectivity index (χ0n) is 11.3. The first kappa shape index (κ1) is 15.9. The van der Waals surface area contributed by atoms with Gasteiger partial charge in [-0.25, -0.2) is 9.97 Å². The van der Waals surface area contributed by atoms with Crippen molar-refractivity contribution in [3.05, 3.63) is 43.6 Å². The number of hydrogen-bond acceptors (Lipinski definition) is 3. The summed E-state index contributed by atoms with van der Waals surface area (Å²) in [6, 6.07) is 7.79. The normalized spacial score (nSPS) is 11.5. The molecule has 2 aromatic rings. The van der Waals surface area contributed by atoms with Crippen molar-refractivity contribution in [2.75, 3.05) is 5.32 Å². The number of nitrogens with one attached hydrogen (secondary N) is 1. The summed E-state index contributed by atoms with van der Waals surface area (Å²) in [5.74, 6) is 1.54. The van der Waals surface area contributed by atoms with Crippen molar-refractivity contribution >= 4 is 59.3 Å². The fourth-order valence-electron chi connectivity index (χ4n) is 1.56. The highest BCUT2D eigenvalue weighted by molar-refractivity contribution is 9.11. The van der Waals surface area contributed by atoms with Crippen molar-refractivity contribution in [1.29, 1.82) is 0 Å². The lowest BCUT2D eigenvalue weighted by atomic mass is 9.96. The molecule has 6 heteroatoms. The number of para-hydroxylation sites is 1. The van der Waals surface area contributed by atoms with Crippen LogP contribution in [0.15, 0.2) is 37.8 Å². The average Bonchev–Trinajstić information content (AvgIpc) is 2.32. The molecule has 3 nitrogen and oxygen atoms in total. The number of rotatable bonds is 2. The molecular weight excluding hydrogens is 450 g/mol. The van der Waals surface area contributed by atoms with E-state index in [1.54, 1.807) is 0 Å². The van der Waals surface area contributed by atoms with Crippen molar-refractivity contribution in [1.82, 2.24) is 9.97 Å². The Hall–Kier alpha value is -0.460. The fraction of sp³-hybridized carbons (Fsp3) is 0.286. The molecule has 2 rings (SSSR count). The van der Waals surface area contributed by atoms with Crippen LogP contribution in [0, 0.1) is 0 Å². The second-order valence-corrected chi connectivity index (χ2v) is 7.89. The van der Waals surface area contributed by atoms with Crippen molar-refractivity contribution in [3.8, 4) is 0 Å². The molecule has 1 aromatic carbocycles. The molecule has 106 valence electrons. The van der Waals surface area contributed by atoms with Gasteiger partial charge in [-0.1, -0.05) is 26.8 Å². The van der Waals surface area contributed by atoms with Crippen molar-refractivity contribution in [3.63, 3.8) is 0 Å². The van der Waals surface area contributed by atoms with E-state index in [-0.39, 0.29) is 5.41 Å². The molecule has 20 heavy (non-hydrogen) atoms. The van der Waals surface area contributed by atoms with Crippen LogP contribution in [0.4, 0.5) is 11.5 Å².